The van der Waals surface area contributed by atoms with Gasteiger partial charge in [0.1, 0.15) is 11.9 Å². The fourth-order valence-corrected chi connectivity index (χ4v) is 2.71. The van der Waals surface area contributed by atoms with Gasteiger partial charge in [-0.1, -0.05) is 15.9 Å². The zero-order valence-electron chi connectivity index (χ0n) is 9.52. The van der Waals surface area contributed by atoms with Crippen LogP contribution >= 0.6 is 27.3 Å². The Morgan fingerprint density at radius 1 is 1.24 bits per heavy atom. The lowest BCUT2D eigenvalue weighted by Gasteiger charge is -2.16. The first kappa shape index (κ1) is 12.6. The molecule has 0 aliphatic heterocycles. The molecule has 0 fully saturated rings. The number of thiophene rings is 1. The van der Waals surface area contributed by atoms with Crippen LogP contribution in [0.4, 0.5) is 0 Å². The van der Waals surface area contributed by atoms with E-state index in [1.807, 2.05) is 24.3 Å². The molecule has 0 aliphatic carbocycles. The van der Waals surface area contributed by atoms with Crippen LogP contribution in [-0.2, 0) is 0 Å². The Morgan fingerprint density at radius 3 is 2.47 bits per heavy atom. The topological polar surface area (TPSA) is 35.2 Å². The first-order chi connectivity index (χ1) is 8.19. The molecule has 2 aromatic rings. The molecule has 17 heavy (non-hydrogen) atoms. The predicted octanol–water partition coefficient (Wildman–Crippen LogP) is 3.90. The van der Waals surface area contributed by atoms with Gasteiger partial charge in [-0.2, -0.15) is 0 Å². The van der Waals surface area contributed by atoms with E-state index in [1.54, 1.807) is 11.3 Å². The van der Waals surface area contributed by atoms with Gasteiger partial charge >= 0.3 is 0 Å². The molecule has 2 N–H and O–H groups in total. The van der Waals surface area contributed by atoms with Gasteiger partial charge in [0.05, 0.1) is 0 Å². The predicted molar refractivity (Wildman–Crippen MR) is 75.6 cm³/mol. The van der Waals surface area contributed by atoms with Crippen molar-refractivity contribution in [1.82, 2.24) is 0 Å². The molecule has 1 aromatic carbocycles. The summed E-state index contributed by atoms with van der Waals surface area (Å²) >= 11 is 5.13. The van der Waals surface area contributed by atoms with Gasteiger partial charge in [0.15, 0.2) is 0 Å². The van der Waals surface area contributed by atoms with Gasteiger partial charge in [-0.25, -0.2) is 0 Å². The SMILES string of the molecule is Cc1ccc(C(CN)Oc2ccc(Br)cc2)s1. The lowest BCUT2D eigenvalue weighted by molar-refractivity contribution is 0.218. The van der Waals surface area contributed by atoms with E-state index in [9.17, 15) is 0 Å². The van der Waals surface area contributed by atoms with Crippen LogP contribution in [0.2, 0.25) is 0 Å². The molecule has 0 aliphatic rings. The third-order valence-corrected chi connectivity index (χ3v) is 4.01. The van der Waals surface area contributed by atoms with Crippen molar-refractivity contribution < 1.29 is 4.74 Å². The minimum Gasteiger partial charge on any atom is -0.484 e. The zero-order valence-corrected chi connectivity index (χ0v) is 11.9. The second-order valence-electron chi connectivity index (χ2n) is 3.74. The monoisotopic (exact) mass is 311 g/mol. The van der Waals surface area contributed by atoms with E-state index in [0.717, 1.165) is 10.2 Å². The summed E-state index contributed by atoms with van der Waals surface area (Å²) < 4.78 is 6.93. The molecule has 1 heterocycles. The van der Waals surface area contributed by atoms with Crippen LogP contribution in [0.15, 0.2) is 40.9 Å². The van der Waals surface area contributed by atoms with E-state index in [4.69, 9.17) is 10.5 Å². The summed E-state index contributed by atoms with van der Waals surface area (Å²) in [5.74, 6) is 0.842. The molecule has 0 spiro atoms. The number of benzene rings is 1. The van der Waals surface area contributed by atoms with Crippen molar-refractivity contribution in [2.24, 2.45) is 5.73 Å². The van der Waals surface area contributed by atoms with Crippen molar-refractivity contribution in [1.29, 1.82) is 0 Å². The molecular weight excluding hydrogens is 298 g/mol. The Morgan fingerprint density at radius 2 is 1.94 bits per heavy atom. The van der Waals surface area contributed by atoms with Crippen LogP contribution in [0.1, 0.15) is 15.9 Å². The van der Waals surface area contributed by atoms with Crippen molar-refractivity contribution in [3.63, 3.8) is 0 Å². The maximum atomic E-state index is 5.88. The molecule has 1 atom stereocenters. The number of aryl methyl sites for hydroxylation is 1. The molecule has 2 rings (SSSR count). The molecule has 2 nitrogen and oxygen atoms in total. The minimum atomic E-state index is -0.0603. The van der Waals surface area contributed by atoms with Gasteiger partial charge in [-0.15, -0.1) is 11.3 Å². The molecule has 4 heteroatoms. The standard InChI is InChI=1S/C13H14BrNOS/c1-9-2-7-13(17-9)12(8-15)16-11-5-3-10(14)4-6-11/h2-7,12H,8,15H2,1H3. The van der Waals surface area contributed by atoms with E-state index in [1.165, 1.54) is 9.75 Å². The molecule has 90 valence electrons. The van der Waals surface area contributed by atoms with Crippen LogP contribution in [0.3, 0.4) is 0 Å². The molecule has 1 unspecified atom stereocenters. The second kappa shape index (κ2) is 5.67. The van der Waals surface area contributed by atoms with Crippen LogP contribution in [0.5, 0.6) is 5.75 Å². The third kappa shape index (κ3) is 3.31. The fraction of sp³-hybridized carbons (Fsp3) is 0.231. The van der Waals surface area contributed by atoms with Gasteiger partial charge in [0, 0.05) is 20.8 Å². The van der Waals surface area contributed by atoms with Crippen molar-refractivity contribution in [2.45, 2.75) is 13.0 Å². The highest BCUT2D eigenvalue weighted by atomic mass is 79.9. The summed E-state index contributed by atoms with van der Waals surface area (Å²) in [6.45, 7) is 2.57. The zero-order chi connectivity index (χ0) is 12.3. The quantitative estimate of drug-likeness (QED) is 0.929. The van der Waals surface area contributed by atoms with Crippen LogP contribution in [0.25, 0.3) is 0 Å². The second-order valence-corrected chi connectivity index (χ2v) is 5.98. The highest BCUT2D eigenvalue weighted by Gasteiger charge is 2.13. The van der Waals surface area contributed by atoms with Crippen molar-refractivity contribution >= 4 is 27.3 Å². The molecule has 0 bridgehead atoms. The average Bonchev–Trinajstić information content (AvgIpc) is 2.75. The molecule has 0 radical (unpaired) electrons. The third-order valence-electron chi connectivity index (χ3n) is 2.38. The smallest absolute Gasteiger partial charge is 0.145 e. The van der Waals surface area contributed by atoms with Crippen LogP contribution < -0.4 is 10.5 Å². The highest BCUT2D eigenvalue weighted by Crippen LogP contribution is 2.27. The number of halogens is 1. The van der Waals surface area contributed by atoms with Crippen molar-refractivity contribution in [2.75, 3.05) is 6.54 Å². The maximum Gasteiger partial charge on any atom is 0.145 e. The van der Waals surface area contributed by atoms with E-state index in [2.05, 4.69) is 35.0 Å². The largest absolute Gasteiger partial charge is 0.484 e. The molecule has 1 aromatic heterocycles. The van der Waals surface area contributed by atoms with Crippen molar-refractivity contribution in [3.8, 4) is 5.75 Å². The van der Waals surface area contributed by atoms with Crippen LogP contribution in [0, 0.1) is 6.92 Å². The first-order valence-electron chi connectivity index (χ1n) is 5.37. The maximum absolute atomic E-state index is 5.88. The van der Waals surface area contributed by atoms with Gasteiger partial charge in [-0.05, 0) is 43.3 Å². The Kier molecular flexibility index (Phi) is 4.20. The summed E-state index contributed by atoms with van der Waals surface area (Å²) in [4.78, 5) is 2.45. The van der Waals surface area contributed by atoms with Gasteiger partial charge in [0.2, 0.25) is 0 Å². The minimum absolute atomic E-state index is 0.0603. The van der Waals surface area contributed by atoms with Gasteiger partial charge in [-0.3, -0.25) is 0 Å². The first-order valence-corrected chi connectivity index (χ1v) is 6.98. The summed E-state index contributed by atoms with van der Waals surface area (Å²) in [5, 5.41) is 0. The Hall–Kier alpha value is -0.840. The summed E-state index contributed by atoms with van der Waals surface area (Å²) in [6, 6.07) is 12.0. The van der Waals surface area contributed by atoms with Gasteiger partial charge in [0.25, 0.3) is 0 Å². The number of rotatable bonds is 4. The lowest BCUT2D eigenvalue weighted by atomic mass is 10.3. The molecule has 0 saturated heterocycles. The van der Waals surface area contributed by atoms with E-state index in [0.29, 0.717) is 6.54 Å². The lowest BCUT2D eigenvalue weighted by Crippen LogP contribution is -2.17. The fourth-order valence-electron chi connectivity index (χ4n) is 1.53. The number of hydrogen-bond donors (Lipinski definition) is 1. The van der Waals surface area contributed by atoms with Crippen LogP contribution in [-0.4, -0.2) is 6.54 Å². The molecule has 0 amide bonds. The normalized spacial score (nSPS) is 12.4. The van der Waals surface area contributed by atoms with Gasteiger partial charge < -0.3 is 10.5 Å². The number of hydrogen-bond acceptors (Lipinski definition) is 3. The van der Waals surface area contributed by atoms with E-state index >= 15 is 0 Å². The number of nitrogens with two attached hydrogens (primary N) is 1. The Labute approximate surface area is 114 Å². The molecule has 0 saturated carbocycles. The number of ether oxygens (including phenoxy) is 1. The highest BCUT2D eigenvalue weighted by molar-refractivity contribution is 9.10. The molecular formula is C13H14BrNOS. The van der Waals surface area contributed by atoms with E-state index < -0.39 is 0 Å². The van der Waals surface area contributed by atoms with E-state index in [-0.39, 0.29) is 6.10 Å². The summed E-state index contributed by atoms with van der Waals surface area (Å²) in [5.41, 5.74) is 5.76. The summed E-state index contributed by atoms with van der Waals surface area (Å²) in [6.07, 6.45) is -0.0603. The Bertz CT molecular complexity index is 480. The van der Waals surface area contributed by atoms with Crippen molar-refractivity contribution in [3.05, 3.63) is 50.6 Å². The average molecular weight is 312 g/mol. The Balaban J connectivity index is 2.12. The summed E-state index contributed by atoms with van der Waals surface area (Å²) in [7, 11) is 0.